The third kappa shape index (κ3) is 6.02. The van der Waals surface area contributed by atoms with E-state index in [-0.39, 0.29) is 22.7 Å². The average Bonchev–Trinajstić information content (AvgIpc) is 3.69. The molecule has 0 bridgehead atoms. The van der Waals surface area contributed by atoms with Crippen LogP contribution in [0.1, 0.15) is 44.1 Å². The molecule has 3 aromatic rings. The second-order valence-electron chi connectivity index (χ2n) is 10.1. The van der Waals surface area contributed by atoms with Gasteiger partial charge >= 0.3 is 0 Å². The molecule has 2 fully saturated rings. The van der Waals surface area contributed by atoms with Crippen molar-refractivity contribution in [1.29, 1.82) is 0 Å². The minimum Gasteiger partial charge on any atom is -0.497 e. The van der Waals surface area contributed by atoms with E-state index in [1.807, 2.05) is 0 Å². The van der Waals surface area contributed by atoms with Crippen LogP contribution in [-0.4, -0.2) is 57.7 Å². The summed E-state index contributed by atoms with van der Waals surface area (Å²) in [6.07, 6.45) is 8.20. The van der Waals surface area contributed by atoms with E-state index < -0.39 is 20.7 Å². The molecule has 2 aromatic carbocycles. The molecule has 2 aliphatic rings. The Morgan fingerprint density at radius 3 is 2.60 bits per heavy atom. The summed E-state index contributed by atoms with van der Waals surface area (Å²) < 4.78 is 55.4. The van der Waals surface area contributed by atoms with E-state index in [0.29, 0.717) is 28.8 Å². The van der Waals surface area contributed by atoms with Gasteiger partial charge in [0.1, 0.15) is 22.2 Å². The number of likely N-dealkylation sites (tertiary alicyclic amines) is 1. The lowest BCUT2D eigenvalue weighted by Gasteiger charge is -2.39. The Bertz CT molecular complexity index is 1420. The summed E-state index contributed by atoms with van der Waals surface area (Å²) in [6, 6.07) is 7.99. The van der Waals surface area contributed by atoms with E-state index in [2.05, 4.69) is 15.2 Å². The molecule has 1 saturated carbocycles. The summed E-state index contributed by atoms with van der Waals surface area (Å²) in [5, 5.41) is 5.48. The van der Waals surface area contributed by atoms with Crippen LogP contribution in [0.2, 0.25) is 5.02 Å². The van der Waals surface area contributed by atoms with Crippen LogP contribution in [0.15, 0.2) is 46.8 Å². The van der Waals surface area contributed by atoms with Crippen LogP contribution >= 0.6 is 22.9 Å². The van der Waals surface area contributed by atoms with E-state index in [4.69, 9.17) is 21.1 Å². The summed E-state index contributed by atoms with van der Waals surface area (Å²) in [5.74, 6) is 0.132. The standard InChI is InChI=1S/C28H34ClFN4O4S2/c1-37-20-10-9-19(26(15-20)38-2)18-34(28-31-11-14-39-28)40(35,36)27-16-21(29)24(17-22(27)30)32-23-7-3-4-8-25(23)33-12-5-6-13-33/h9-11,14-17,23,25,32H,3-8,12-13,18H2,1-2H3/t23?,25-/m0/s1. The number of methoxy groups -OCH3 is 2. The highest BCUT2D eigenvalue weighted by molar-refractivity contribution is 7.93. The van der Waals surface area contributed by atoms with Crippen molar-refractivity contribution in [2.24, 2.45) is 0 Å². The molecule has 2 atom stereocenters. The van der Waals surface area contributed by atoms with Crippen molar-refractivity contribution >= 4 is 43.8 Å². The summed E-state index contributed by atoms with van der Waals surface area (Å²) in [6.45, 7) is 2.03. The number of nitrogens with one attached hydrogen (secondary N) is 1. The van der Waals surface area contributed by atoms with Gasteiger partial charge in [-0.05, 0) is 63.0 Å². The second-order valence-corrected chi connectivity index (χ2v) is 13.2. The van der Waals surface area contributed by atoms with Gasteiger partial charge < -0.3 is 14.8 Å². The Balaban J connectivity index is 1.45. The Labute approximate surface area is 244 Å². The lowest BCUT2D eigenvalue weighted by atomic mass is 9.89. The van der Waals surface area contributed by atoms with Crippen molar-refractivity contribution < 1.29 is 22.3 Å². The molecule has 1 unspecified atom stereocenters. The third-order valence-electron chi connectivity index (χ3n) is 7.71. The fourth-order valence-electron chi connectivity index (χ4n) is 5.68. The minimum atomic E-state index is -4.39. The fraction of sp³-hybridized carbons (Fsp3) is 0.464. The van der Waals surface area contributed by atoms with Gasteiger partial charge in [0.25, 0.3) is 10.0 Å². The zero-order valence-corrected chi connectivity index (χ0v) is 25.0. The molecule has 1 aliphatic heterocycles. The normalized spacial score (nSPS) is 19.9. The number of rotatable bonds is 10. The quantitative estimate of drug-likeness (QED) is 0.295. The number of halogens is 2. The van der Waals surface area contributed by atoms with Crippen LogP contribution in [-0.2, 0) is 16.6 Å². The molecule has 0 radical (unpaired) electrons. The van der Waals surface area contributed by atoms with Crippen molar-refractivity contribution in [3.63, 3.8) is 0 Å². The first-order valence-corrected chi connectivity index (χ1v) is 16.1. The van der Waals surface area contributed by atoms with E-state index in [1.54, 1.807) is 23.6 Å². The first kappa shape index (κ1) is 28.9. The van der Waals surface area contributed by atoms with Crippen molar-refractivity contribution in [2.45, 2.75) is 62.0 Å². The number of benzene rings is 2. The van der Waals surface area contributed by atoms with Crippen molar-refractivity contribution in [3.8, 4) is 11.5 Å². The first-order chi connectivity index (χ1) is 19.3. The SMILES string of the molecule is COc1ccc(CN(c2nccs2)S(=O)(=O)c2cc(Cl)c(NC3CCCC[C@@H]3N3CCCC3)cc2F)c(OC)c1. The lowest BCUT2D eigenvalue weighted by Crippen LogP contribution is -2.47. The molecule has 0 spiro atoms. The predicted octanol–water partition coefficient (Wildman–Crippen LogP) is 6.17. The number of aromatic nitrogens is 1. The summed E-state index contributed by atoms with van der Waals surface area (Å²) >= 11 is 7.77. The van der Waals surface area contributed by atoms with Crippen LogP contribution in [0, 0.1) is 5.82 Å². The van der Waals surface area contributed by atoms with E-state index >= 15 is 4.39 Å². The maximum atomic E-state index is 15.7. The Hall–Kier alpha value is -2.60. The molecule has 1 saturated heterocycles. The molecular weight excluding hydrogens is 575 g/mol. The maximum absolute atomic E-state index is 15.7. The van der Waals surface area contributed by atoms with Crippen LogP contribution in [0.5, 0.6) is 11.5 Å². The van der Waals surface area contributed by atoms with Gasteiger partial charge in [0.2, 0.25) is 0 Å². The maximum Gasteiger partial charge on any atom is 0.269 e. The highest BCUT2D eigenvalue weighted by atomic mass is 35.5. The van der Waals surface area contributed by atoms with Crippen LogP contribution in [0.3, 0.4) is 0 Å². The molecule has 2 heterocycles. The zero-order valence-electron chi connectivity index (χ0n) is 22.6. The predicted molar refractivity (Wildman–Crippen MR) is 157 cm³/mol. The van der Waals surface area contributed by atoms with Gasteiger partial charge in [-0.15, -0.1) is 11.3 Å². The minimum absolute atomic E-state index is 0.125. The Morgan fingerprint density at radius 2 is 1.90 bits per heavy atom. The fourth-order valence-corrected chi connectivity index (χ4v) is 8.30. The number of hydrogen-bond donors (Lipinski definition) is 1. The van der Waals surface area contributed by atoms with Crippen molar-refractivity contribution in [3.05, 3.63) is 58.3 Å². The number of thiazole rings is 1. The molecular formula is C28H34ClFN4O4S2. The van der Waals surface area contributed by atoms with Crippen LogP contribution < -0.4 is 19.1 Å². The number of ether oxygens (including phenoxy) is 2. The largest absolute Gasteiger partial charge is 0.497 e. The van der Waals surface area contributed by atoms with Gasteiger partial charge in [-0.1, -0.05) is 24.4 Å². The average molecular weight is 609 g/mol. The molecule has 1 aliphatic carbocycles. The van der Waals surface area contributed by atoms with Crippen molar-refractivity contribution in [1.82, 2.24) is 9.88 Å². The zero-order chi connectivity index (χ0) is 28.3. The number of anilines is 2. The van der Waals surface area contributed by atoms with Gasteiger partial charge in [0, 0.05) is 35.3 Å². The molecule has 12 heteroatoms. The molecule has 40 heavy (non-hydrogen) atoms. The van der Waals surface area contributed by atoms with Crippen LogP contribution in [0.25, 0.3) is 0 Å². The van der Waals surface area contributed by atoms with Crippen molar-refractivity contribution in [2.75, 3.05) is 36.9 Å². The highest BCUT2D eigenvalue weighted by Crippen LogP contribution is 2.37. The first-order valence-electron chi connectivity index (χ1n) is 13.4. The Kier molecular flexibility index (Phi) is 9.04. The molecule has 0 amide bonds. The number of hydrogen-bond acceptors (Lipinski definition) is 8. The molecule has 5 rings (SSSR count). The highest BCUT2D eigenvalue weighted by Gasteiger charge is 2.34. The number of nitrogens with zero attached hydrogens (tertiary/aromatic N) is 3. The molecule has 216 valence electrons. The third-order valence-corrected chi connectivity index (χ3v) is 10.7. The summed E-state index contributed by atoms with van der Waals surface area (Å²) in [7, 11) is -1.36. The molecule has 1 N–H and O–H groups in total. The van der Waals surface area contributed by atoms with E-state index in [0.717, 1.165) is 48.0 Å². The summed E-state index contributed by atoms with van der Waals surface area (Å²) in [4.78, 5) is 6.22. The molecule has 8 nitrogen and oxygen atoms in total. The van der Waals surface area contributed by atoms with Crippen LogP contribution in [0.4, 0.5) is 15.2 Å². The van der Waals surface area contributed by atoms with Gasteiger partial charge in [0.15, 0.2) is 5.13 Å². The van der Waals surface area contributed by atoms with Gasteiger partial charge in [-0.3, -0.25) is 4.90 Å². The Morgan fingerprint density at radius 1 is 1.12 bits per heavy atom. The van der Waals surface area contributed by atoms with E-state index in [9.17, 15) is 8.42 Å². The number of sulfonamides is 1. The van der Waals surface area contributed by atoms with Gasteiger partial charge in [-0.25, -0.2) is 22.1 Å². The topological polar surface area (TPSA) is 84.0 Å². The smallest absolute Gasteiger partial charge is 0.269 e. The monoisotopic (exact) mass is 608 g/mol. The van der Waals surface area contributed by atoms with Gasteiger partial charge in [0.05, 0.1) is 31.5 Å². The van der Waals surface area contributed by atoms with E-state index in [1.165, 1.54) is 51.8 Å². The molecule has 1 aromatic heterocycles. The second kappa shape index (κ2) is 12.5. The van der Waals surface area contributed by atoms with Gasteiger partial charge in [-0.2, -0.15) is 0 Å². The lowest BCUT2D eigenvalue weighted by molar-refractivity contribution is 0.177. The summed E-state index contributed by atoms with van der Waals surface area (Å²) in [5.41, 5.74) is 0.976.